The predicted octanol–water partition coefficient (Wildman–Crippen LogP) is 5.42. The summed E-state index contributed by atoms with van der Waals surface area (Å²) in [5.74, 6) is 2.63. The van der Waals surface area contributed by atoms with Gasteiger partial charge in [-0.3, -0.25) is 0 Å². The summed E-state index contributed by atoms with van der Waals surface area (Å²) in [5, 5.41) is 16.2. The standard InChI is InChI=1S/C23H24N4O4/c1-3-4-5-6-15-29-19-13-9-17(10-14-19)21-25-27-23(31-21)22-26-24-20(30-22)16-7-11-18(28-2)12-8-16/h7-14H,3-6,15H2,1-2H3. The SMILES string of the molecule is CCCCCCOc1ccc(-c2nnc(-c3nnc(-c4ccc(OC)cc4)o3)o2)cc1. The highest BCUT2D eigenvalue weighted by molar-refractivity contribution is 5.57. The quantitative estimate of drug-likeness (QED) is 0.314. The molecule has 0 bridgehead atoms. The largest absolute Gasteiger partial charge is 0.497 e. The van der Waals surface area contributed by atoms with Crippen molar-refractivity contribution >= 4 is 0 Å². The van der Waals surface area contributed by atoms with Crippen LogP contribution in [0.3, 0.4) is 0 Å². The van der Waals surface area contributed by atoms with E-state index in [1.165, 1.54) is 19.3 Å². The highest BCUT2D eigenvalue weighted by atomic mass is 16.5. The molecule has 2 aromatic carbocycles. The average molecular weight is 420 g/mol. The maximum Gasteiger partial charge on any atom is 0.306 e. The highest BCUT2D eigenvalue weighted by Crippen LogP contribution is 2.27. The molecule has 4 rings (SSSR count). The van der Waals surface area contributed by atoms with Crippen molar-refractivity contribution in [1.29, 1.82) is 0 Å². The second-order valence-electron chi connectivity index (χ2n) is 6.99. The lowest BCUT2D eigenvalue weighted by Crippen LogP contribution is -1.96. The smallest absolute Gasteiger partial charge is 0.306 e. The topological polar surface area (TPSA) is 96.3 Å². The molecular weight excluding hydrogens is 396 g/mol. The zero-order valence-electron chi connectivity index (χ0n) is 17.6. The van der Waals surface area contributed by atoms with Gasteiger partial charge in [-0.2, -0.15) is 0 Å². The van der Waals surface area contributed by atoms with Crippen LogP contribution in [0.25, 0.3) is 34.7 Å². The van der Waals surface area contributed by atoms with Crippen LogP contribution in [0.4, 0.5) is 0 Å². The predicted molar refractivity (Wildman–Crippen MR) is 115 cm³/mol. The summed E-state index contributed by atoms with van der Waals surface area (Å²) in [5.41, 5.74) is 1.55. The van der Waals surface area contributed by atoms with Crippen LogP contribution in [0.15, 0.2) is 57.4 Å². The van der Waals surface area contributed by atoms with Crippen LogP contribution >= 0.6 is 0 Å². The summed E-state index contributed by atoms with van der Waals surface area (Å²) in [7, 11) is 1.61. The third kappa shape index (κ3) is 5.09. The molecule has 8 nitrogen and oxygen atoms in total. The number of benzene rings is 2. The van der Waals surface area contributed by atoms with Crippen molar-refractivity contribution in [2.75, 3.05) is 13.7 Å². The van der Waals surface area contributed by atoms with Gasteiger partial charge in [-0.25, -0.2) is 0 Å². The van der Waals surface area contributed by atoms with E-state index < -0.39 is 0 Å². The van der Waals surface area contributed by atoms with E-state index in [0.29, 0.717) is 11.8 Å². The van der Waals surface area contributed by atoms with Crippen molar-refractivity contribution in [3.05, 3.63) is 48.5 Å². The van der Waals surface area contributed by atoms with E-state index in [2.05, 4.69) is 27.3 Å². The molecule has 0 amide bonds. The average Bonchev–Trinajstić information content (AvgIpc) is 3.50. The van der Waals surface area contributed by atoms with E-state index in [4.69, 9.17) is 18.3 Å². The number of nitrogens with zero attached hydrogens (tertiary/aromatic N) is 4. The number of rotatable bonds is 10. The van der Waals surface area contributed by atoms with Crippen LogP contribution in [-0.4, -0.2) is 34.1 Å². The van der Waals surface area contributed by atoms with Crippen LogP contribution in [0.5, 0.6) is 11.5 Å². The fourth-order valence-corrected chi connectivity index (χ4v) is 3.00. The van der Waals surface area contributed by atoms with Gasteiger partial charge in [0.25, 0.3) is 0 Å². The Morgan fingerprint density at radius 1 is 0.645 bits per heavy atom. The van der Waals surface area contributed by atoms with Gasteiger partial charge in [0, 0.05) is 11.1 Å². The third-order valence-electron chi connectivity index (χ3n) is 4.74. The fourth-order valence-electron chi connectivity index (χ4n) is 3.00. The minimum atomic E-state index is 0.164. The maximum atomic E-state index is 5.77. The van der Waals surface area contributed by atoms with Gasteiger partial charge < -0.3 is 18.3 Å². The van der Waals surface area contributed by atoms with E-state index in [1.807, 2.05) is 48.5 Å². The second kappa shape index (κ2) is 9.88. The zero-order valence-corrected chi connectivity index (χ0v) is 17.6. The number of ether oxygens (including phenoxy) is 2. The molecule has 0 aliphatic heterocycles. The number of unbranched alkanes of at least 4 members (excludes halogenated alkanes) is 3. The van der Waals surface area contributed by atoms with Crippen molar-refractivity contribution in [2.45, 2.75) is 32.6 Å². The third-order valence-corrected chi connectivity index (χ3v) is 4.74. The molecule has 8 heteroatoms. The summed E-state index contributed by atoms with van der Waals surface area (Å²) in [4.78, 5) is 0. The van der Waals surface area contributed by atoms with Crippen LogP contribution in [0, 0.1) is 0 Å². The lowest BCUT2D eigenvalue weighted by Gasteiger charge is -2.06. The molecule has 0 saturated heterocycles. The Hall–Kier alpha value is -3.68. The Labute approximate surface area is 180 Å². The van der Waals surface area contributed by atoms with Gasteiger partial charge >= 0.3 is 11.8 Å². The van der Waals surface area contributed by atoms with Gasteiger partial charge in [-0.1, -0.05) is 26.2 Å². The number of hydrogen-bond donors (Lipinski definition) is 0. The minimum Gasteiger partial charge on any atom is -0.497 e. The molecule has 0 saturated carbocycles. The van der Waals surface area contributed by atoms with E-state index in [0.717, 1.165) is 35.7 Å². The first kappa shape index (κ1) is 20.6. The van der Waals surface area contributed by atoms with Gasteiger partial charge in [-0.15, -0.1) is 20.4 Å². The van der Waals surface area contributed by atoms with Gasteiger partial charge in [0.15, 0.2) is 0 Å². The van der Waals surface area contributed by atoms with Crippen LogP contribution in [0.1, 0.15) is 32.6 Å². The molecule has 0 atom stereocenters. The van der Waals surface area contributed by atoms with E-state index in [1.54, 1.807) is 7.11 Å². The first-order valence-electron chi connectivity index (χ1n) is 10.3. The normalized spacial score (nSPS) is 10.9. The molecule has 0 N–H and O–H groups in total. The molecule has 160 valence electrons. The maximum absolute atomic E-state index is 5.77. The van der Waals surface area contributed by atoms with E-state index >= 15 is 0 Å². The molecule has 0 fully saturated rings. The highest BCUT2D eigenvalue weighted by Gasteiger charge is 2.17. The lowest BCUT2D eigenvalue weighted by atomic mass is 10.2. The summed E-state index contributed by atoms with van der Waals surface area (Å²) < 4.78 is 22.3. The number of aromatic nitrogens is 4. The molecule has 0 radical (unpaired) electrons. The molecular formula is C23H24N4O4. The summed E-state index contributed by atoms with van der Waals surface area (Å²) in [6, 6.07) is 14.9. The Morgan fingerprint density at radius 2 is 1.16 bits per heavy atom. The van der Waals surface area contributed by atoms with Gasteiger partial charge in [0.05, 0.1) is 13.7 Å². The monoisotopic (exact) mass is 420 g/mol. The first-order chi connectivity index (χ1) is 15.3. The molecule has 0 spiro atoms. The van der Waals surface area contributed by atoms with Crippen molar-refractivity contribution in [3.8, 4) is 46.2 Å². The second-order valence-corrected chi connectivity index (χ2v) is 6.99. The molecule has 0 aliphatic carbocycles. The number of methoxy groups -OCH3 is 1. The fraction of sp³-hybridized carbons (Fsp3) is 0.304. The van der Waals surface area contributed by atoms with Crippen LogP contribution < -0.4 is 9.47 Å². The summed E-state index contributed by atoms with van der Waals surface area (Å²) in [6.45, 7) is 2.92. The molecule has 0 aliphatic rings. The number of hydrogen-bond acceptors (Lipinski definition) is 8. The van der Waals surface area contributed by atoms with Crippen molar-refractivity contribution in [2.24, 2.45) is 0 Å². The Balaban J connectivity index is 1.40. The lowest BCUT2D eigenvalue weighted by molar-refractivity contribution is 0.305. The van der Waals surface area contributed by atoms with Gasteiger partial charge in [0.2, 0.25) is 11.8 Å². The molecule has 0 unspecified atom stereocenters. The van der Waals surface area contributed by atoms with E-state index in [9.17, 15) is 0 Å². The van der Waals surface area contributed by atoms with Crippen LogP contribution in [0.2, 0.25) is 0 Å². The molecule has 2 heterocycles. The first-order valence-corrected chi connectivity index (χ1v) is 10.3. The van der Waals surface area contributed by atoms with E-state index in [-0.39, 0.29) is 11.8 Å². The minimum absolute atomic E-state index is 0.164. The van der Waals surface area contributed by atoms with Crippen molar-refractivity contribution in [1.82, 2.24) is 20.4 Å². The van der Waals surface area contributed by atoms with Crippen molar-refractivity contribution < 1.29 is 18.3 Å². The zero-order chi connectivity index (χ0) is 21.5. The van der Waals surface area contributed by atoms with Gasteiger partial charge in [0.1, 0.15) is 11.5 Å². The molecule has 4 aromatic rings. The Kier molecular flexibility index (Phi) is 6.56. The molecule has 2 aromatic heterocycles. The van der Waals surface area contributed by atoms with Crippen molar-refractivity contribution in [3.63, 3.8) is 0 Å². The van der Waals surface area contributed by atoms with Gasteiger partial charge in [-0.05, 0) is 55.0 Å². The Bertz CT molecular complexity index is 1090. The van der Waals surface area contributed by atoms with Crippen LogP contribution in [-0.2, 0) is 0 Å². The Morgan fingerprint density at radius 3 is 1.68 bits per heavy atom. The summed E-state index contributed by atoms with van der Waals surface area (Å²) in [6.07, 6.45) is 4.71. The molecule has 31 heavy (non-hydrogen) atoms. The summed E-state index contributed by atoms with van der Waals surface area (Å²) >= 11 is 0.